The standard InChI is InChI=1S/C19H19N5O2S/c25-18-17-14(7-10-27-17)20-16(22-18)11-23-8-5-12(6-9-23)24-15-4-2-1-3-13(15)21-19(24)26/h1-4,7,10,12H,5-6,8-9,11H2,(H,21,26)(H,20,22,25). The first-order valence-electron chi connectivity index (χ1n) is 9.07. The third kappa shape index (κ3) is 2.90. The lowest BCUT2D eigenvalue weighted by atomic mass is 10.0. The van der Waals surface area contributed by atoms with Crippen LogP contribution in [0.1, 0.15) is 24.7 Å². The van der Waals surface area contributed by atoms with Gasteiger partial charge in [-0.25, -0.2) is 9.78 Å². The number of nitrogens with zero attached hydrogens (tertiary/aromatic N) is 3. The number of thiophene rings is 1. The van der Waals surface area contributed by atoms with Gasteiger partial charge in [0.15, 0.2) is 0 Å². The summed E-state index contributed by atoms with van der Waals surface area (Å²) in [4.78, 5) is 37.2. The van der Waals surface area contributed by atoms with Crippen LogP contribution in [0.2, 0.25) is 0 Å². The molecule has 3 aromatic heterocycles. The molecule has 0 aliphatic carbocycles. The minimum atomic E-state index is -0.0646. The topological polar surface area (TPSA) is 86.8 Å². The zero-order valence-electron chi connectivity index (χ0n) is 14.6. The second-order valence-corrected chi connectivity index (χ2v) is 7.89. The highest BCUT2D eigenvalue weighted by atomic mass is 32.1. The first-order valence-corrected chi connectivity index (χ1v) is 9.95. The van der Waals surface area contributed by atoms with E-state index in [0.29, 0.717) is 17.1 Å². The van der Waals surface area contributed by atoms with Gasteiger partial charge in [-0.1, -0.05) is 12.1 Å². The van der Waals surface area contributed by atoms with Gasteiger partial charge in [-0.15, -0.1) is 11.3 Å². The van der Waals surface area contributed by atoms with Gasteiger partial charge in [-0.3, -0.25) is 14.3 Å². The van der Waals surface area contributed by atoms with Crippen LogP contribution in [-0.2, 0) is 6.54 Å². The lowest BCUT2D eigenvalue weighted by Crippen LogP contribution is -2.37. The van der Waals surface area contributed by atoms with E-state index in [2.05, 4.69) is 19.9 Å². The Kier molecular flexibility index (Phi) is 3.95. The second-order valence-electron chi connectivity index (χ2n) is 6.97. The van der Waals surface area contributed by atoms with Crippen LogP contribution >= 0.6 is 11.3 Å². The van der Waals surface area contributed by atoms with Gasteiger partial charge in [0.1, 0.15) is 10.5 Å². The van der Waals surface area contributed by atoms with Crippen LogP contribution in [0.4, 0.5) is 0 Å². The van der Waals surface area contributed by atoms with Crippen molar-refractivity contribution in [1.82, 2.24) is 24.4 Å². The van der Waals surface area contributed by atoms with Crippen LogP contribution in [0.5, 0.6) is 0 Å². The van der Waals surface area contributed by atoms with Crippen molar-refractivity contribution in [2.45, 2.75) is 25.4 Å². The van der Waals surface area contributed by atoms with Gasteiger partial charge in [0, 0.05) is 19.1 Å². The molecule has 0 saturated carbocycles. The fourth-order valence-electron chi connectivity index (χ4n) is 3.98. The van der Waals surface area contributed by atoms with Gasteiger partial charge in [-0.05, 0) is 36.4 Å². The number of aromatic nitrogens is 4. The van der Waals surface area contributed by atoms with Gasteiger partial charge in [0.25, 0.3) is 5.56 Å². The molecule has 1 aliphatic rings. The van der Waals surface area contributed by atoms with Crippen molar-refractivity contribution in [2.75, 3.05) is 13.1 Å². The summed E-state index contributed by atoms with van der Waals surface area (Å²) in [6.07, 6.45) is 1.79. The van der Waals surface area contributed by atoms with Crippen molar-refractivity contribution in [3.63, 3.8) is 0 Å². The average molecular weight is 381 g/mol. The maximum absolute atomic E-state index is 12.4. The molecule has 7 nitrogen and oxygen atoms in total. The summed E-state index contributed by atoms with van der Waals surface area (Å²) in [6, 6.07) is 9.90. The minimum absolute atomic E-state index is 0.0384. The molecule has 2 N–H and O–H groups in total. The highest BCUT2D eigenvalue weighted by Crippen LogP contribution is 2.25. The first-order chi connectivity index (χ1) is 13.2. The molecule has 5 rings (SSSR count). The Labute approximate surface area is 158 Å². The number of H-pyrrole nitrogens is 2. The summed E-state index contributed by atoms with van der Waals surface area (Å²) < 4.78 is 2.57. The summed E-state index contributed by atoms with van der Waals surface area (Å²) in [5.41, 5.74) is 2.51. The number of hydrogen-bond acceptors (Lipinski definition) is 5. The van der Waals surface area contributed by atoms with E-state index in [1.807, 2.05) is 40.3 Å². The van der Waals surface area contributed by atoms with Crippen LogP contribution < -0.4 is 11.2 Å². The van der Waals surface area contributed by atoms with Crippen molar-refractivity contribution in [3.8, 4) is 0 Å². The lowest BCUT2D eigenvalue weighted by molar-refractivity contribution is 0.176. The molecule has 1 aromatic carbocycles. The Bertz CT molecular complexity index is 1230. The Hall–Kier alpha value is -2.71. The highest BCUT2D eigenvalue weighted by molar-refractivity contribution is 7.17. The summed E-state index contributed by atoms with van der Waals surface area (Å²) in [5, 5.41) is 1.89. The van der Waals surface area contributed by atoms with Crippen LogP contribution in [0.25, 0.3) is 21.3 Å². The van der Waals surface area contributed by atoms with Gasteiger partial charge < -0.3 is 9.97 Å². The smallest absolute Gasteiger partial charge is 0.308 e. The van der Waals surface area contributed by atoms with Crippen molar-refractivity contribution < 1.29 is 0 Å². The molecule has 0 radical (unpaired) electrons. The Morgan fingerprint density at radius 2 is 1.93 bits per heavy atom. The molecule has 4 heterocycles. The van der Waals surface area contributed by atoms with Gasteiger partial charge in [0.2, 0.25) is 0 Å². The number of hydrogen-bond donors (Lipinski definition) is 2. The summed E-state index contributed by atoms with van der Waals surface area (Å²) in [5.74, 6) is 0.702. The molecule has 1 aliphatic heterocycles. The van der Waals surface area contributed by atoms with E-state index >= 15 is 0 Å². The molecule has 8 heteroatoms. The van der Waals surface area contributed by atoms with E-state index in [1.165, 1.54) is 11.3 Å². The second kappa shape index (κ2) is 6.47. The SMILES string of the molecule is O=c1[nH]c(CN2CCC(n3c(=O)[nH]c4ccccc43)CC2)nc2ccsc12. The molecule has 0 unspecified atom stereocenters. The normalized spacial score (nSPS) is 16.4. The summed E-state index contributed by atoms with van der Waals surface area (Å²) in [6.45, 7) is 2.35. The van der Waals surface area contributed by atoms with Crippen LogP contribution in [0, 0.1) is 0 Å². The number of imidazole rings is 1. The van der Waals surface area contributed by atoms with E-state index < -0.39 is 0 Å². The predicted octanol–water partition coefficient (Wildman–Crippen LogP) is 2.46. The number of para-hydroxylation sites is 2. The molecule has 4 aromatic rings. The number of aromatic amines is 2. The van der Waals surface area contributed by atoms with E-state index in [-0.39, 0.29) is 17.3 Å². The molecule has 138 valence electrons. The van der Waals surface area contributed by atoms with Crippen LogP contribution in [-0.4, -0.2) is 37.5 Å². The Morgan fingerprint density at radius 1 is 1.11 bits per heavy atom. The minimum Gasteiger partial charge on any atom is -0.308 e. The number of fused-ring (bicyclic) bond motifs is 2. The summed E-state index contributed by atoms with van der Waals surface area (Å²) in [7, 11) is 0. The number of piperidine rings is 1. The molecule has 0 bridgehead atoms. The molecular formula is C19H19N5O2S. The zero-order chi connectivity index (χ0) is 18.4. The fourth-order valence-corrected chi connectivity index (χ4v) is 4.71. The molecule has 0 amide bonds. The number of benzene rings is 1. The average Bonchev–Trinajstić information content (AvgIpc) is 3.26. The van der Waals surface area contributed by atoms with E-state index in [1.54, 1.807) is 0 Å². The van der Waals surface area contributed by atoms with Gasteiger partial charge >= 0.3 is 5.69 Å². The Morgan fingerprint density at radius 3 is 2.78 bits per heavy atom. The molecular weight excluding hydrogens is 362 g/mol. The number of likely N-dealkylation sites (tertiary alicyclic amines) is 1. The van der Waals surface area contributed by atoms with E-state index in [9.17, 15) is 9.59 Å². The molecule has 1 saturated heterocycles. The molecule has 27 heavy (non-hydrogen) atoms. The molecule has 0 atom stereocenters. The zero-order valence-corrected chi connectivity index (χ0v) is 15.5. The quantitative estimate of drug-likeness (QED) is 0.571. The third-order valence-electron chi connectivity index (χ3n) is 5.28. The number of nitrogens with one attached hydrogen (secondary N) is 2. The molecule has 0 spiro atoms. The number of rotatable bonds is 3. The Balaban J connectivity index is 1.33. The monoisotopic (exact) mass is 381 g/mol. The van der Waals surface area contributed by atoms with Gasteiger partial charge in [0.05, 0.1) is 23.1 Å². The highest BCUT2D eigenvalue weighted by Gasteiger charge is 2.24. The first kappa shape index (κ1) is 16.5. The predicted molar refractivity (Wildman–Crippen MR) is 106 cm³/mol. The largest absolute Gasteiger partial charge is 0.326 e. The maximum Gasteiger partial charge on any atom is 0.326 e. The summed E-state index contributed by atoms with van der Waals surface area (Å²) >= 11 is 1.41. The fraction of sp³-hybridized carbons (Fsp3) is 0.316. The van der Waals surface area contributed by atoms with E-state index in [0.717, 1.165) is 42.5 Å². The van der Waals surface area contributed by atoms with Gasteiger partial charge in [-0.2, -0.15) is 0 Å². The van der Waals surface area contributed by atoms with Crippen molar-refractivity contribution >= 4 is 32.6 Å². The van der Waals surface area contributed by atoms with Crippen molar-refractivity contribution in [3.05, 3.63) is 62.4 Å². The van der Waals surface area contributed by atoms with Crippen LogP contribution in [0.3, 0.4) is 0 Å². The lowest BCUT2D eigenvalue weighted by Gasteiger charge is -2.32. The molecule has 1 fully saturated rings. The third-order valence-corrected chi connectivity index (χ3v) is 6.19. The van der Waals surface area contributed by atoms with E-state index in [4.69, 9.17) is 0 Å². The van der Waals surface area contributed by atoms with Crippen molar-refractivity contribution in [1.29, 1.82) is 0 Å². The van der Waals surface area contributed by atoms with Crippen molar-refractivity contribution in [2.24, 2.45) is 0 Å². The maximum atomic E-state index is 12.4. The van der Waals surface area contributed by atoms with Crippen LogP contribution in [0.15, 0.2) is 45.3 Å².